The number of aryl methyl sites for hydroxylation is 1. The molecule has 21 heavy (non-hydrogen) atoms. The minimum Gasteiger partial charge on any atom is -0.321 e. The third-order valence-electron chi connectivity index (χ3n) is 3.68. The van der Waals surface area contributed by atoms with Crippen LogP contribution < -0.4 is 5.32 Å². The van der Waals surface area contributed by atoms with Crippen LogP contribution in [0, 0.1) is 0 Å². The smallest absolute Gasteiger partial charge is 0.256 e. The molecular weight excluding hydrogens is 264 g/mol. The fraction of sp³-hybridized carbons (Fsp3) is 0.0625. The number of carbonyl (C=O) groups is 1. The van der Waals surface area contributed by atoms with Gasteiger partial charge in [-0.3, -0.25) is 4.79 Å². The first-order valence-electron chi connectivity index (χ1n) is 6.65. The number of fused-ring (bicyclic) bond motifs is 5. The molecule has 1 aliphatic heterocycles. The Balaban J connectivity index is 2.13. The minimum absolute atomic E-state index is 0.130. The van der Waals surface area contributed by atoms with Gasteiger partial charge in [0, 0.05) is 23.7 Å². The lowest BCUT2D eigenvalue weighted by Gasteiger charge is -2.17. The lowest BCUT2D eigenvalue weighted by molar-refractivity contribution is 0.102. The number of nitrogens with one attached hydrogen (secondary N) is 1. The van der Waals surface area contributed by atoms with Crippen LogP contribution in [0.4, 0.5) is 5.69 Å². The van der Waals surface area contributed by atoms with Crippen LogP contribution in [0.1, 0.15) is 10.4 Å². The number of hydrogen-bond acceptors (Lipinski definition) is 3. The van der Waals surface area contributed by atoms with Crippen molar-refractivity contribution in [1.29, 1.82) is 0 Å². The lowest BCUT2D eigenvalue weighted by Crippen LogP contribution is -2.16. The molecule has 0 saturated carbocycles. The number of anilines is 1. The first-order chi connectivity index (χ1) is 10.3. The molecule has 0 bridgehead atoms. The van der Waals surface area contributed by atoms with Crippen molar-refractivity contribution in [3.05, 3.63) is 54.1 Å². The van der Waals surface area contributed by atoms with Gasteiger partial charge in [0.05, 0.1) is 11.4 Å². The maximum atomic E-state index is 12.5. The molecule has 0 radical (unpaired) electrons. The molecule has 4 rings (SSSR count). The average Bonchev–Trinajstić information content (AvgIpc) is 2.88. The lowest BCUT2D eigenvalue weighted by atomic mass is 9.96. The van der Waals surface area contributed by atoms with Crippen LogP contribution in [-0.4, -0.2) is 20.9 Å². The maximum Gasteiger partial charge on any atom is 0.256 e. The molecule has 5 heteroatoms. The van der Waals surface area contributed by atoms with Crippen LogP contribution in [0.3, 0.4) is 0 Å². The predicted molar refractivity (Wildman–Crippen MR) is 79.8 cm³/mol. The molecule has 0 fully saturated rings. The van der Waals surface area contributed by atoms with E-state index in [1.165, 1.54) is 0 Å². The number of aromatic nitrogens is 3. The summed E-state index contributed by atoms with van der Waals surface area (Å²) in [5.41, 5.74) is 4.72. The zero-order valence-corrected chi connectivity index (χ0v) is 11.4. The summed E-state index contributed by atoms with van der Waals surface area (Å²) in [4.78, 5) is 12.5. The van der Waals surface area contributed by atoms with E-state index in [2.05, 4.69) is 15.6 Å². The third-order valence-corrected chi connectivity index (χ3v) is 3.68. The molecular formula is C16H12N4O. The van der Waals surface area contributed by atoms with Gasteiger partial charge in [0.25, 0.3) is 5.91 Å². The minimum atomic E-state index is -0.130. The van der Waals surface area contributed by atoms with Crippen LogP contribution >= 0.6 is 0 Å². The topological polar surface area (TPSA) is 59.8 Å². The fourth-order valence-electron chi connectivity index (χ4n) is 2.72. The molecule has 0 unspecified atom stereocenters. The van der Waals surface area contributed by atoms with Gasteiger partial charge in [-0.15, -0.1) is 5.10 Å². The number of hydrogen-bond donors (Lipinski definition) is 1. The van der Waals surface area contributed by atoms with Gasteiger partial charge in [0.15, 0.2) is 0 Å². The van der Waals surface area contributed by atoms with Gasteiger partial charge in [-0.25, -0.2) is 4.68 Å². The van der Waals surface area contributed by atoms with E-state index in [1.54, 1.807) is 10.7 Å². The van der Waals surface area contributed by atoms with E-state index in [0.717, 1.165) is 28.2 Å². The fourth-order valence-corrected chi connectivity index (χ4v) is 2.72. The van der Waals surface area contributed by atoms with Crippen LogP contribution in [0.15, 0.2) is 48.5 Å². The van der Waals surface area contributed by atoms with Crippen molar-refractivity contribution in [1.82, 2.24) is 15.0 Å². The highest BCUT2D eigenvalue weighted by atomic mass is 16.1. The van der Waals surface area contributed by atoms with Crippen molar-refractivity contribution >= 4 is 11.6 Å². The summed E-state index contributed by atoms with van der Waals surface area (Å²) in [6.45, 7) is 0. The highest BCUT2D eigenvalue weighted by Crippen LogP contribution is 2.37. The van der Waals surface area contributed by atoms with Crippen LogP contribution in [0.2, 0.25) is 0 Å². The van der Waals surface area contributed by atoms with Gasteiger partial charge in [-0.1, -0.05) is 41.6 Å². The first kappa shape index (κ1) is 11.8. The zero-order valence-electron chi connectivity index (χ0n) is 11.4. The van der Waals surface area contributed by atoms with Gasteiger partial charge in [-0.2, -0.15) is 0 Å². The number of rotatable bonds is 0. The van der Waals surface area contributed by atoms with Crippen molar-refractivity contribution in [2.24, 2.45) is 7.05 Å². The second-order valence-electron chi connectivity index (χ2n) is 4.96. The molecule has 0 saturated heterocycles. The molecule has 102 valence electrons. The highest BCUT2D eigenvalue weighted by Gasteiger charge is 2.25. The molecule has 3 aromatic rings. The van der Waals surface area contributed by atoms with Crippen molar-refractivity contribution in [2.75, 3.05) is 5.32 Å². The van der Waals surface area contributed by atoms with E-state index in [0.29, 0.717) is 5.56 Å². The Morgan fingerprint density at radius 1 is 0.952 bits per heavy atom. The van der Waals surface area contributed by atoms with Crippen molar-refractivity contribution in [3.63, 3.8) is 0 Å². The predicted octanol–water partition coefficient (Wildman–Crippen LogP) is 2.71. The molecule has 0 spiro atoms. The Labute approximate surface area is 121 Å². The van der Waals surface area contributed by atoms with Crippen molar-refractivity contribution in [3.8, 4) is 22.5 Å². The summed E-state index contributed by atoms with van der Waals surface area (Å²) in [7, 11) is 1.86. The molecule has 5 nitrogen and oxygen atoms in total. The van der Waals surface area contributed by atoms with Crippen molar-refractivity contribution < 1.29 is 4.79 Å². The largest absolute Gasteiger partial charge is 0.321 e. The van der Waals surface area contributed by atoms with Gasteiger partial charge in [-0.05, 0) is 12.1 Å². The van der Waals surface area contributed by atoms with E-state index in [4.69, 9.17) is 0 Å². The number of benzene rings is 2. The van der Waals surface area contributed by atoms with Crippen LogP contribution in [0.25, 0.3) is 22.5 Å². The quantitative estimate of drug-likeness (QED) is 0.686. The Kier molecular flexibility index (Phi) is 2.41. The highest BCUT2D eigenvalue weighted by molar-refractivity contribution is 6.12. The summed E-state index contributed by atoms with van der Waals surface area (Å²) in [6, 6.07) is 15.1. The number of amides is 1. The summed E-state index contributed by atoms with van der Waals surface area (Å²) in [5, 5.41) is 11.4. The first-order valence-corrected chi connectivity index (χ1v) is 6.65. The van der Waals surface area contributed by atoms with E-state index in [-0.39, 0.29) is 5.91 Å². The number of para-hydroxylation sites is 1. The van der Waals surface area contributed by atoms with E-state index in [1.807, 2.05) is 49.5 Å². The van der Waals surface area contributed by atoms with E-state index in [9.17, 15) is 4.79 Å². The average molecular weight is 276 g/mol. The second-order valence-corrected chi connectivity index (χ2v) is 4.96. The molecule has 0 atom stereocenters. The SMILES string of the molecule is Cn1nnc2c1-c1ccccc1NC(=O)c1ccccc1-2. The number of nitrogens with zero attached hydrogens (tertiary/aromatic N) is 3. The van der Waals surface area contributed by atoms with Gasteiger partial charge in [0.2, 0.25) is 0 Å². The summed E-state index contributed by atoms with van der Waals surface area (Å²) >= 11 is 0. The maximum absolute atomic E-state index is 12.5. The van der Waals surface area contributed by atoms with Crippen molar-refractivity contribution in [2.45, 2.75) is 0 Å². The molecule has 1 amide bonds. The van der Waals surface area contributed by atoms with Gasteiger partial charge >= 0.3 is 0 Å². The summed E-state index contributed by atoms with van der Waals surface area (Å²) in [5.74, 6) is -0.130. The van der Waals surface area contributed by atoms with E-state index >= 15 is 0 Å². The molecule has 0 aliphatic carbocycles. The third kappa shape index (κ3) is 1.67. The molecule has 1 N–H and O–H groups in total. The van der Waals surface area contributed by atoms with Crippen LogP contribution in [-0.2, 0) is 7.05 Å². The summed E-state index contributed by atoms with van der Waals surface area (Å²) < 4.78 is 1.74. The monoisotopic (exact) mass is 276 g/mol. The molecule has 1 aromatic heterocycles. The van der Waals surface area contributed by atoms with Gasteiger partial charge in [0.1, 0.15) is 5.69 Å². The standard InChI is InChI=1S/C16H12N4O/c1-20-15-12-8-4-5-9-13(12)17-16(21)11-7-3-2-6-10(11)14(15)18-19-20/h2-9H,1H3,(H,17,21). The normalized spacial score (nSPS) is 12.5. The van der Waals surface area contributed by atoms with Gasteiger partial charge < -0.3 is 5.32 Å². The number of carbonyl (C=O) groups excluding carboxylic acids is 1. The Hall–Kier alpha value is -2.95. The molecule has 2 aromatic carbocycles. The Bertz CT molecular complexity index is 866. The molecule has 2 heterocycles. The summed E-state index contributed by atoms with van der Waals surface area (Å²) in [6.07, 6.45) is 0. The Morgan fingerprint density at radius 2 is 1.62 bits per heavy atom. The second kappa shape index (κ2) is 4.28. The van der Waals surface area contributed by atoms with Crippen LogP contribution in [0.5, 0.6) is 0 Å². The zero-order chi connectivity index (χ0) is 14.4. The molecule has 1 aliphatic rings. The van der Waals surface area contributed by atoms with E-state index < -0.39 is 0 Å². The Morgan fingerprint density at radius 3 is 2.43 bits per heavy atom.